The number of carbonyl (C=O) groups is 1. The number of hydrogen-bond donors (Lipinski definition) is 1. The smallest absolute Gasteiger partial charge is 0.226 e. The molecule has 2 aromatic carbocycles. The van der Waals surface area contributed by atoms with Gasteiger partial charge >= 0.3 is 0 Å². The summed E-state index contributed by atoms with van der Waals surface area (Å²) in [6.07, 6.45) is 5.59. The third kappa shape index (κ3) is 4.57. The number of hydrogen-bond acceptors (Lipinski definition) is 3. The normalized spacial score (nSPS) is 15.5. The van der Waals surface area contributed by atoms with Crippen molar-refractivity contribution >= 4 is 5.91 Å². The molecule has 1 aliphatic rings. The average molecular weight is 404 g/mol. The van der Waals surface area contributed by atoms with E-state index in [1.165, 1.54) is 12.1 Å². The maximum atomic E-state index is 13.4. The maximum Gasteiger partial charge on any atom is 0.226 e. The summed E-state index contributed by atoms with van der Waals surface area (Å²) in [7, 11) is 0. The topological polar surface area (TPSA) is 51.2 Å². The largest absolute Gasteiger partial charge is 0.381 e. The Morgan fingerprint density at radius 1 is 1.03 bits per heavy atom. The van der Waals surface area contributed by atoms with Crippen LogP contribution in [0.3, 0.4) is 0 Å². The number of nitrogens with one attached hydrogen (secondary N) is 1. The quantitative estimate of drug-likeness (QED) is 0.656. The van der Waals surface area contributed by atoms with Crippen molar-refractivity contribution in [2.75, 3.05) is 13.2 Å². The summed E-state index contributed by atoms with van der Waals surface area (Å²) >= 11 is 0. The molecule has 0 unspecified atom stereocenters. The van der Waals surface area contributed by atoms with E-state index in [9.17, 15) is 9.18 Å². The van der Waals surface area contributed by atoms with Crippen LogP contribution in [0.2, 0.25) is 0 Å². The zero-order valence-electron chi connectivity index (χ0n) is 16.8. The third-order valence-corrected chi connectivity index (χ3v) is 5.82. The fourth-order valence-corrected chi connectivity index (χ4v) is 4.06. The number of amides is 1. The molecule has 2 heterocycles. The van der Waals surface area contributed by atoms with E-state index < -0.39 is 5.41 Å². The first-order valence-electron chi connectivity index (χ1n) is 10.3. The number of halogens is 1. The molecule has 5 heteroatoms. The Morgan fingerprint density at radius 2 is 1.80 bits per heavy atom. The van der Waals surface area contributed by atoms with Crippen molar-refractivity contribution in [1.29, 1.82) is 0 Å². The van der Waals surface area contributed by atoms with Gasteiger partial charge in [-0.15, -0.1) is 0 Å². The standard InChI is InChI=1S/C25H25FN2O2/c26-22-9-7-19(8-10-22)17-28-24(29)25(11-14-30-15-12-25)16-20-4-1-2-6-23(20)21-5-3-13-27-18-21/h1-10,13,18H,11-12,14-17H2,(H,28,29). The van der Waals surface area contributed by atoms with Gasteiger partial charge in [0.2, 0.25) is 5.91 Å². The van der Waals surface area contributed by atoms with Crippen LogP contribution in [-0.4, -0.2) is 24.1 Å². The Balaban J connectivity index is 1.57. The van der Waals surface area contributed by atoms with Crippen molar-refractivity contribution < 1.29 is 13.9 Å². The zero-order chi connectivity index (χ0) is 20.8. The van der Waals surface area contributed by atoms with E-state index in [1.807, 2.05) is 30.5 Å². The molecule has 3 aromatic rings. The summed E-state index contributed by atoms with van der Waals surface area (Å²) in [6, 6.07) is 18.4. The Morgan fingerprint density at radius 3 is 2.53 bits per heavy atom. The molecule has 0 saturated carbocycles. The van der Waals surface area contributed by atoms with Gasteiger partial charge < -0.3 is 10.1 Å². The van der Waals surface area contributed by atoms with Crippen molar-refractivity contribution in [3.05, 3.63) is 90.0 Å². The molecule has 154 valence electrons. The summed E-state index contributed by atoms with van der Waals surface area (Å²) in [5.74, 6) is -0.255. The molecule has 1 saturated heterocycles. The molecule has 1 N–H and O–H groups in total. The molecule has 1 amide bonds. The van der Waals surface area contributed by atoms with Gasteiger partial charge in [-0.25, -0.2) is 4.39 Å². The molecule has 0 radical (unpaired) electrons. The van der Waals surface area contributed by atoms with E-state index in [4.69, 9.17) is 4.74 Å². The molecular formula is C25H25FN2O2. The number of carbonyl (C=O) groups excluding carboxylic acids is 1. The number of rotatable bonds is 6. The van der Waals surface area contributed by atoms with Crippen molar-refractivity contribution in [3.63, 3.8) is 0 Å². The second-order valence-corrected chi connectivity index (χ2v) is 7.78. The van der Waals surface area contributed by atoms with Crippen LogP contribution in [0.15, 0.2) is 73.1 Å². The van der Waals surface area contributed by atoms with Crippen LogP contribution in [0.1, 0.15) is 24.0 Å². The van der Waals surface area contributed by atoms with E-state index in [0.29, 0.717) is 39.0 Å². The Kier molecular flexibility index (Phi) is 6.19. The van der Waals surface area contributed by atoms with Gasteiger partial charge in [-0.05, 0) is 54.2 Å². The molecule has 0 spiro atoms. The molecule has 30 heavy (non-hydrogen) atoms. The number of aromatic nitrogens is 1. The number of benzene rings is 2. The van der Waals surface area contributed by atoms with Crippen molar-refractivity contribution in [2.24, 2.45) is 5.41 Å². The van der Waals surface area contributed by atoms with Gasteiger partial charge in [0.1, 0.15) is 5.82 Å². The first kappa shape index (κ1) is 20.2. The molecular weight excluding hydrogens is 379 g/mol. The van der Waals surface area contributed by atoms with Gasteiger partial charge in [0.05, 0.1) is 5.41 Å². The summed E-state index contributed by atoms with van der Waals surface area (Å²) in [5, 5.41) is 3.08. The number of nitrogens with zero attached hydrogens (tertiary/aromatic N) is 1. The van der Waals surface area contributed by atoms with Crippen LogP contribution in [0, 0.1) is 11.2 Å². The van der Waals surface area contributed by atoms with Gasteiger partial charge in [0.15, 0.2) is 0 Å². The summed E-state index contributed by atoms with van der Waals surface area (Å²) in [4.78, 5) is 17.6. The molecule has 0 atom stereocenters. The van der Waals surface area contributed by atoms with Gasteiger partial charge in [-0.1, -0.05) is 42.5 Å². The van der Waals surface area contributed by atoms with Crippen LogP contribution in [-0.2, 0) is 22.5 Å². The highest BCUT2D eigenvalue weighted by Gasteiger charge is 2.40. The number of ether oxygens (including phenoxy) is 1. The highest BCUT2D eigenvalue weighted by Crippen LogP contribution is 2.37. The first-order valence-corrected chi connectivity index (χ1v) is 10.3. The lowest BCUT2D eigenvalue weighted by atomic mass is 9.73. The predicted molar refractivity (Wildman–Crippen MR) is 114 cm³/mol. The van der Waals surface area contributed by atoms with Gasteiger partial charge in [-0.2, -0.15) is 0 Å². The van der Waals surface area contributed by atoms with E-state index in [2.05, 4.69) is 22.4 Å². The molecule has 0 aliphatic carbocycles. The average Bonchev–Trinajstić information content (AvgIpc) is 2.80. The molecule has 1 aliphatic heterocycles. The van der Waals surface area contributed by atoms with Crippen LogP contribution >= 0.6 is 0 Å². The van der Waals surface area contributed by atoms with Gasteiger partial charge in [0, 0.05) is 37.7 Å². The number of pyridine rings is 1. The van der Waals surface area contributed by atoms with Crippen LogP contribution < -0.4 is 5.32 Å². The first-order chi connectivity index (χ1) is 14.7. The highest BCUT2D eigenvalue weighted by atomic mass is 19.1. The minimum absolute atomic E-state index is 0.0242. The summed E-state index contributed by atoms with van der Waals surface area (Å²) in [6.45, 7) is 1.52. The van der Waals surface area contributed by atoms with Crippen molar-refractivity contribution in [2.45, 2.75) is 25.8 Å². The lowest BCUT2D eigenvalue weighted by Crippen LogP contribution is -2.46. The van der Waals surface area contributed by atoms with Crippen molar-refractivity contribution in [3.8, 4) is 11.1 Å². The molecule has 1 fully saturated rings. The van der Waals surface area contributed by atoms with E-state index in [0.717, 1.165) is 22.3 Å². The lowest BCUT2D eigenvalue weighted by molar-refractivity contribution is -0.136. The second kappa shape index (κ2) is 9.18. The Bertz CT molecular complexity index is 984. The minimum atomic E-state index is -0.531. The SMILES string of the molecule is O=C(NCc1ccc(F)cc1)C1(Cc2ccccc2-c2cccnc2)CCOCC1. The fraction of sp³-hybridized carbons (Fsp3) is 0.280. The fourth-order valence-electron chi connectivity index (χ4n) is 4.06. The monoisotopic (exact) mass is 404 g/mol. The molecule has 0 bridgehead atoms. The second-order valence-electron chi connectivity index (χ2n) is 7.78. The molecule has 4 rings (SSSR count). The van der Waals surface area contributed by atoms with E-state index in [1.54, 1.807) is 18.3 Å². The van der Waals surface area contributed by atoms with Crippen LogP contribution in [0.25, 0.3) is 11.1 Å². The van der Waals surface area contributed by atoms with Crippen molar-refractivity contribution in [1.82, 2.24) is 10.3 Å². The van der Waals surface area contributed by atoms with E-state index in [-0.39, 0.29) is 11.7 Å². The van der Waals surface area contributed by atoms with Crippen LogP contribution in [0.5, 0.6) is 0 Å². The summed E-state index contributed by atoms with van der Waals surface area (Å²) < 4.78 is 18.7. The Hall–Kier alpha value is -3.05. The van der Waals surface area contributed by atoms with E-state index >= 15 is 0 Å². The predicted octanol–water partition coefficient (Wildman–Crippen LogP) is 4.54. The molecule has 1 aromatic heterocycles. The van der Waals surface area contributed by atoms with Gasteiger partial charge in [-0.3, -0.25) is 9.78 Å². The summed E-state index contributed by atoms with van der Waals surface area (Å²) in [5.41, 5.74) is 3.62. The zero-order valence-corrected chi connectivity index (χ0v) is 16.8. The maximum absolute atomic E-state index is 13.4. The minimum Gasteiger partial charge on any atom is -0.381 e. The highest BCUT2D eigenvalue weighted by molar-refractivity contribution is 5.83. The lowest BCUT2D eigenvalue weighted by Gasteiger charge is -2.36. The van der Waals surface area contributed by atoms with Crippen LogP contribution in [0.4, 0.5) is 4.39 Å². The Labute approximate surface area is 176 Å². The van der Waals surface area contributed by atoms with Gasteiger partial charge in [0.25, 0.3) is 0 Å². The third-order valence-electron chi connectivity index (χ3n) is 5.82. The molecule has 4 nitrogen and oxygen atoms in total.